The number of halogens is 3. The Hall–Kier alpha value is -2.49. The Morgan fingerprint density at radius 3 is 2.19 bits per heavy atom. The number of aryl methyl sites for hydroxylation is 1. The molecule has 0 radical (unpaired) electrons. The zero-order chi connectivity index (χ0) is 22.6. The summed E-state index contributed by atoms with van der Waals surface area (Å²) in [7, 11) is -3.91. The van der Waals surface area contributed by atoms with Crippen LogP contribution in [0.2, 0.25) is 15.1 Å². The summed E-state index contributed by atoms with van der Waals surface area (Å²) in [5, 5.41) is 10.6. The molecule has 0 saturated carbocycles. The van der Waals surface area contributed by atoms with E-state index >= 15 is 0 Å². The number of sulfone groups is 1. The van der Waals surface area contributed by atoms with E-state index in [1.165, 1.54) is 18.2 Å². The summed E-state index contributed by atoms with van der Waals surface area (Å²) in [5.41, 5.74) is 2.03. The molecule has 0 aliphatic heterocycles. The van der Waals surface area contributed by atoms with Crippen molar-refractivity contribution in [2.24, 2.45) is 0 Å². The summed E-state index contributed by atoms with van der Waals surface area (Å²) in [6, 6.07) is 18.0. The molecular weight excluding hydrogens is 477 g/mol. The first kappa shape index (κ1) is 23.2. The zero-order valence-corrected chi connectivity index (χ0v) is 19.4. The van der Waals surface area contributed by atoms with E-state index < -0.39 is 9.84 Å². The monoisotopic (exact) mass is 491 g/mol. The van der Waals surface area contributed by atoms with Crippen LogP contribution in [0.15, 0.2) is 70.5 Å². The van der Waals surface area contributed by atoms with E-state index in [1.807, 2.05) is 6.92 Å². The zero-order valence-electron chi connectivity index (χ0n) is 16.3. The minimum Gasteiger partial charge on any atom is -0.489 e. The highest BCUT2D eigenvalue weighted by atomic mass is 35.5. The van der Waals surface area contributed by atoms with E-state index in [2.05, 4.69) is 0 Å². The predicted octanol–water partition coefficient (Wildman–Crippen LogP) is 6.87. The van der Waals surface area contributed by atoms with Crippen molar-refractivity contribution in [2.45, 2.75) is 18.4 Å². The van der Waals surface area contributed by atoms with Crippen LogP contribution in [0.1, 0.15) is 16.7 Å². The Morgan fingerprint density at radius 2 is 1.58 bits per heavy atom. The summed E-state index contributed by atoms with van der Waals surface area (Å²) in [6.45, 7) is 1.97. The molecule has 3 aromatic rings. The van der Waals surface area contributed by atoms with Crippen LogP contribution in [0.4, 0.5) is 0 Å². The van der Waals surface area contributed by atoms with E-state index in [-0.39, 0.29) is 16.4 Å². The molecule has 0 N–H and O–H groups in total. The van der Waals surface area contributed by atoms with Gasteiger partial charge in [0.1, 0.15) is 23.3 Å². The van der Waals surface area contributed by atoms with Crippen molar-refractivity contribution in [2.75, 3.05) is 0 Å². The topological polar surface area (TPSA) is 67.2 Å². The Labute approximate surface area is 196 Å². The molecule has 0 unspecified atom stereocenters. The van der Waals surface area contributed by atoms with Crippen LogP contribution in [0.5, 0.6) is 5.75 Å². The molecule has 3 rings (SSSR count). The number of nitriles is 1. The van der Waals surface area contributed by atoms with E-state index in [4.69, 9.17) is 39.5 Å². The van der Waals surface area contributed by atoms with Crippen LogP contribution >= 0.6 is 34.8 Å². The van der Waals surface area contributed by atoms with Gasteiger partial charge in [-0.25, -0.2) is 8.42 Å². The molecule has 0 fully saturated rings. The Kier molecular flexibility index (Phi) is 7.30. The highest BCUT2D eigenvalue weighted by molar-refractivity contribution is 7.95. The van der Waals surface area contributed by atoms with Crippen LogP contribution in [0, 0.1) is 18.3 Å². The lowest BCUT2D eigenvalue weighted by atomic mass is 10.2. The van der Waals surface area contributed by atoms with Gasteiger partial charge in [0.15, 0.2) is 0 Å². The highest BCUT2D eigenvalue weighted by Crippen LogP contribution is 2.32. The Bertz CT molecular complexity index is 1280. The molecule has 0 heterocycles. The second-order valence-electron chi connectivity index (χ2n) is 6.62. The molecule has 4 nitrogen and oxygen atoms in total. The minimum atomic E-state index is -3.91. The first-order valence-corrected chi connectivity index (χ1v) is 11.6. The van der Waals surface area contributed by atoms with Crippen LogP contribution in [0.25, 0.3) is 6.08 Å². The molecule has 0 amide bonds. The van der Waals surface area contributed by atoms with Crippen molar-refractivity contribution in [1.29, 1.82) is 5.26 Å². The molecule has 158 valence electrons. The van der Waals surface area contributed by atoms with Gasteiger partial charge in [-0.1, -0.05) is 64.6 Å². The SMILES string of the molecule is Cc1ccc(S(=O)(=O)C(C#N)=Cc2ccc(OCc3c(Cl)ccc(Cl)c3Cl)cc2)cc1. The maximum atomic E-state index is 12.7. The lowest BCUT2D eigenvalue weighted by molar-refractivity contribution is 0.306. The molecule has 3 aromatic carbocycles. The molecule has 0 atom stereocenters. The quantitative estimate of drug-likeness (QED) is 0.278. The summed E-state index contributed by atoms with van der Waals surface area (Å²) in [6.07, 6.45) is 1.32. The number of hydrogen-bond acceptors (Lipinski definition) is 4. The van der Waals surface area contributed by atoms with Crippen molar-refractivity contribution in [1.82, 2.24) is 0 Å². The molecule has 0 saturated heterocycles. The molecule has 0 bridgehead atoms. The first-order valence-electron chi connectivity index (χ1n) is 9.01. The Balaban J connectivity index is 1.79. The van der Waals surface area contributed by atoms with Gasteiger partial charge in [-0.05, 0) is 55.0 Å². The van der Waals surface area contributed by atoms with Crippen molar-refractivity contribution in [3.05, 3.63) is 97.3 Å². The summed E-state index contributed by atoms with van der Waals surface area (Å²) in [4.78, 5) is -0.274. The number of rotatable bonds is 6. The number of allylic oxidation sites excluding steroid dienone is 1. The summed E-state index contributed by atoms with van der Waals surface area (Å²) in [5.74, 6) is 0.518. The molecule has 0 aromatic heterocycles. The van der Waals surface area contributed by atoms with Crippen LogP contribution in [-0.4, -0.2) is 8.42 Å². The molecule has 31 heavy (non-hydrogen) atoms. The third-order valence-electron chi connectivity index (χ3n) is 4.43. The molecule has 0 aliphatic carbocycles. The average molecular weight is 493 g/mol. The molecule has 0 aliphatic rings. The van der Waals surface area contributed by atoms with E-state index in [9.17, 15) is 13.7 Å². The van der Waals surface area contributed by atoms with Gasteiger partial charge in [0, 0.05) is 10.6 Å². The fraction of sp³-hybridized carbons (Fsp3) is 0.0870. The maximum absolute atomic E-state index is 12.7. The van der Waals surface area contributed by atoms with Gasteiger partial charge in [-0.15, -0.1) is 0 Å². The third-order valence-corrected chi connectivity index (χ3v) is 7.31. The predicted molar refractivity (Wildman–Crippen MR) is 124 cm³/mol. The summed E-state index contributed by atoms with van der Waals surface area (Å²) < 4.78 is 31.2. The smallest absolute Gasteiger partial charge is 0.216 e. The summed E-state index contributed by atoms with van der Waals surface area (Å²) >= 11 is 18.3. The van der Waals surface area contributed by atoms with E-state index in [1.54, 1.807) is 54.6 Å². The second-order valence-corrected chi connectivity index (χ2v) is 9.73. The Morgan fingerprint density at radius 1 is 0.968 bits per heavy atom. The molecule has 0 spiro atoms. The van der Waals surface area contributed by atoms with Crippen LogP contribution < -0.4 is 4.74 Å². The highest BCUT2D eigenvalue weighted by Gasteiger charge is 2.20. The van der Waals surface area contributed by atoms with Crippen LogP contribution in [0.3, 0.4) is 0 Å². The lowest BCUT2D eigenvalue weighted by Crippen LogP contribution is -2.03. The van der Waals surface area contributed by atoms with E-state index in [0.29, 0.717) is 31.9 Å². The largest absolute Gasteiger partial charge is 0.489 e. The second kappa shape index (κ2) is 9.76. The molecule has 8 heteroatoms. The van der Waals surface area contributed by atoms with Gasteiger partial charge in [-0.2, -0.15) is 5.26 Å². The van der Waals surface area contributed by atoms with Gasteiger partial charge in [0.05, 0.1) is 14.9 Å². The number of hydrogen-bond donors (Lipinski definition) is 0. The van der Waals surface area contributed by atoms with Crippen LogP contribution in [-0.2, 0) is 16.4 Å². The van der Waals surface area contributed by atoms with Gasteiger partial charge < -0.3 is 4.74 Å². The maximum Gasteiger partial charge on any atom is 0.216 e. The van der Waals surface area contributed by atoms with E-state index in [0.717, 1.165) is 5.56 Å². The molecular formula is C23H16Cl3NO3S. The van der Waals surface area contributed by atoms with Crippen molar-refractivity contribution in [3.8, 4) is 11.8 Å². The fourth-order valence-electron chi connectivity index (χ4n) is 2.68. The standard InChI is InChI=1S/C23H16Cl3NO3S/c1-15-2-8-18(9-3-15)31(28,29)19(13-27)12-16-4-6-17(7-5-16)30-14-20-21(24)10-11-22(25)23(20)26/h2-12H,14H2,1H3. The van der Waals surface area contributed by atoms with Crippen molar-refractivity contribution < 1.29 is 13.2 Å². The van der Waals surface area contributed by atoms with Gasteiger partial charge in [0.2, 0.25) is 9.84 Å². The normalized spacial score (nSPS) is 11.8. The third kappa shape index (κ3) is 5.41. The number of benzene rings is 3. The number of ether oxygens (including phenoxy) is 1. The fourth-order valence-corrected chi connectivity index (χ4v) is 4.50. The first-order chi connectivity index (χ1) is 14.7. The van der Waals surface area contributed by atoms with Gasteiger partial charge in [-0.3, -0.25) is 0 Å². The van der Waals surface area contributed by atoms with Crippen molar-refractivity contribution >= 4 is 50.7 Å². The number of nitrogens with zero attached hydrogens (tertiary/aromatic N) is 1. The average Bonchev–Trinajstić information content (AvgIpc) is 2.76. The van der Waals surface area contributed by atoms with Gasteiger partial charge >= 0.3 is 0 Å². The lowest BCUT2D eigenvalue weighted by Gasteiger charge is -2.11. The van der Waals surface area contributed by atoms with Crippen molar-refractivity contribution in [3.63, 3.8) is 0 Å². The van der Waals surface area contributed by atoms with Gasteiger partial charge in [0.25, 0.3) is 0 Å². The minimum absolute atomic E-state index is 0.0705.